The maximum Gasteiger partial charge on any atom is 0.274 e. The van der Waals surface area contributed by atoms with Crippen molar-refractivity contribution in [3.63, 3.8) is 0 Å². The van der Waals surface area contributed by atoms with E-state index in [4.69, 9.17) is 53.8 Å². The fraction of sp³-hybridized carbons (Fsp3) is 0.345. The van der Waals surface area contributed by atoms with Gasteiger partial charge in [-0.15, -0.1) is 0 Å². The lowest BCUT2D eigenvalue weighted by atomic mass is 9.97. The summed E-state index contributed by atoms with van der Waals surface area (Å²) in [7, 11) is 0. The van der Waals surface area contributed by atoms with E-state index in [0.717, 1.165) is 16.7 Å². The Morgan fingerprint density at radius 1 is 0.711 bits per heavy atom. The van der Waals surface area contributed by atoms with E-state index in [1.807, 2.05) is 97.9 Å². The normalized spacial score (nSPS) is 23.6. The van der Waals surface area contributed by atoms with E-state index in [1.54, 1.807) is 0 Å². The molecule has 0 bridgehead atoms. The van der Waals surface area contributed by atoms with E-state index in [0.29, 0.717) is 13.2 Å². The van der Waals surface area contributed by atoms with E-state index in [2.05, 4.69) is 5.32 Å². The molecule has 38 heavy (non-hydrogen) atoms. The zero-order valence-corrected chi connectivity index (χ0v) is 23.1. The van der Waals surface area contributed by atoms with Crippen LogP contribution in [0.5, 0.6) is 0 Å². The molecular formula is C29H30Cl3NO5. The molecule has 0 radical (unpaired) electrons. The van der Waals surface area contributed by atoms with Crippen LogP contribution in [0.1, 0.15) is 23.6 Å². The molecule has 1 heterocycles. The maximum atomic E-state index is 12.6. The second-order valence-corrected chi connectivity index (χ2v) is 11.3. The maximum absolute atomic E-state index is 12.6. The number of halogens is 3. The second kappa shape index (κ2) is 13.8. The minimum absolute atomic E-state index is 0.250. The van der Waals surface area contributed by atoms with E-state index >= 15 is 0 Å². The van der Waals surface area contributed by atoms with Crippen molar-refractivity contribution in [3.8, 4) is 0 Å². The van der Waals surface area contributed by atoms with Crippen LogP contribution in [-0.2, 0) is 43.6 Å². The minimum Gasteiger partial charge on any atom is -0.368 e. The molecule has 0 aliphatic carbocycles. The Hall–Kier alpha value is -2.16. The number of rotatable bonds is 10. The van der Waals surface area contributed by atoms with Crippen LogP contribution in [0, 0.1) is 0 Å². The van der Waals surface area contributed by atoms with Crippen LogP contribution in [0.2, 0.25) is 0 Å². The summed E-state index contributed by atoms with van der Waals surface area (Å²) in [6.07, 6.45) is -3.33. The van der Waals surface area contributed by atoms with Gasteiger partial charge < -0.3 is 24.3 Å². The van der Waals surface area contributed by atoms with Crippen LogP contribution in [0.4, 0.5) is 0 Å². The third-order valence-electron chi connectivity index (χ3n) is 6.16. The van der Waals surface area contributed by atoms with Crippen LogP contribution in [0.25, 0.3) is 0 Å². The van der Waals surface area contributed by atoms with Gasteiger partial charge in [0, 0.05) is 0 Å². The Morgan fingerprint density at radius 3 is 1.53 bits per heavy atom. The van der Waals surface area contributed by atoms with Crippen LogP contribution in [0.15, 0.2) is 91.0 Å². The molecule has 1 N–H and O–H groups in total. The summed E-state index contributed by atoms with van der Waals surface area (Å²) >= 11 is 17.6. The van der Waals surface area contributed by atoms with Gasteiger partial charge in [0.05, 0.1) is 25.9 Å². The zero-order chi connectivity index (χ0) is 27.0. The Morgan fingerprint density at radius 2 is 1.11 bits per heavy atom. The molecular weight excluding hydrogens is 549 g/mol. The van der Waals surface area contributed by atoms with Gasteiger partial charge in [-0.25, -0.2) is 0 Å². The summed E-state index contributed by atoms with van der Waals surface area (Å²) in [6, 6.07) is 29.3. The Balaban J connectivity index is 1.61. The lowest BCUT2D eigenvalue weighted by molar-refractivity contribution is -0.266. The third-order valence-corrected chi connectivity index (χ3v) is 6.67. The number of hydrogen-bond donors (Lipinski definition) is 1. The first kappa shape index (κ1) is 28.8. The molecule has 9 heteroatoms. The van der Waals surface area contributed by atoms with Crippen molar-refractivity contribution >= 4 is 40.7 Å². The first-order chi connectivity index (χ1) is 18.3. The predicted octanol–water partition coefficient (Wildman–Crippen LogP) is 5.97. The highest BCUT2D eigenvalue weighted by Gasteiger charge is 2.48. The largest absolute Gasteiger partial charge is 0.368 e. The van der Waals surface area contributed by atoms with Crippen LogP contribution < -0.4 is 5.32 Å². The summed E-state index contributed by atoms with van der Waals surface area (Å²) in [5.74, 6) is -0.821. The standard InChI is InChI=1S/C29H30Cl3NO5/c1-20-24(35-17-21-11-5-2-6-12-21)25(36-18-22-13-7-3-8-14-22)26(37-19-23-15-9-4-10-16-23)27(38-20)33-28(34)29(30,31)32/h2-16,20,24-27H,17-19H2,1H3,(H,33,34)/t20-,24-,25+,26-,27+/m1/s1. The molecule has 0 unspecified atom stereocenters. The quantitative estimate of drug-likeness (QED) is 0.300. The van der Waals surface area contributed by atoms with Crippen molar-refractivity contribution in [1.82, 2.24) is 5.32 Å². The van der Waals surface area contributed by atoms with Crippen LogP contribution >= 0.6 is 34.8 Å². The molecule has 1 amide bonds. The number of benzene rings is 3. The highest BCUT2D eigenvalue weighted by atomic mass is 35.6. The minimum atomic E-state index is -2.17. The number of ether oxygens (including phenoxy) is 4. The van der Waals surface area contributed by atoms with E-state index < -0.39 is 40.3 Å². The lowest BCUT2D eigenvalue weighted by Gasteiger charge is -2.45. The highest BCUT2D eigenvalue weighted by molar-refractivity contribution is 6.76. The van der Waals surface area contributed by atoms with Gasteiger partial charge in [-0.2, -0.15) is 0 Å². The molecule has 0 aromatic heterocycles. The monoisotopic (exact) mass is 577 g/mol. The molecule has 1 aliphatic rings. The fourth-order valence-electron chi connectivity index (χ4n) is 4.24. The smallest absolute Gasteiger partial charge is 0.274 e. The number of carbonyl (C=O) groups excluding carboxylic acids is 1. The van der Waals surface area contributed by atoms with Gasteiger partial charge >= 0.3 is 0 Å². The second-order valence-electron chi connectivity index (χ2n) is 9.02. The molecule has 4 rings (SSSR count). The Labute approximate surface area is 238 Å². The Bertz CT molecular complexity index is 1130. The SMILES string of the molecule is C[C@H]1O[C@H](NC(=O)C(Cl)(Cl)Cl)[C@H](OCc2ccccc2)[C@@H](OCc2ccccc2)[C@@H]1OCc1ccccc1. The predicted molar refractivity (Wildman–Crippen MR) is 148 cm³/mol. The average molecular weight is 579 g/mol. The van der Waals surface area contributed by atoms with Gasteiger partial charge in [-0.05, 0) is 23.6 Å². The summed E-state index contributed by atoms with van der Waals surface area (Å²) in [4.78, 5) is 12.6. The first-order valence-electron chi connectivity index (χ1n) is 12.3. The van der Waals surface area contributed by atoms with Crippen molar-refractivity contribution < 1.29 is 23.7 Å². The van der Waals surface area contributed by atoms with Gasteiger partial charge in [-0.1, -0.05) is 126 Å². The number of alkyl halides is 3. The molecule has 0 spiro atoms. The molecule has 202 valence electrons. The summed E-state index contributed by atoms with van der Waals surface area (Å²) in [6.45, 7) is 2.76. The lowest BCUT2D eigenvalue weighted by Crippen LogP contribution is -2.64. The average Bonchev–Trinajstić information content (AvgIpc) is 2.92. The van der Waals surface area contributed by atoms with Crippen molar-refractivity contribution in [1.29, 1.82) is 0 Å². The van der Waals surface area contributed by atoms with E-state index in [-0.39, 0.29) is 6.61 Å². The van der Waals surface area contributed by atoms with Gasteiger partial charge in [-0.3, -0.25) is 4.79 Å². The van der Waals surface area contributed by atoms with Crippen molar-refractivity contribution in [3.05, 3.63) is 108 Å². The molecule has 3 aromatic carbocycles. The number of amides is 1. The van der Waals surface area contributed by atoms with Crippen LogP contribution in [-0.4, -0.2) is 40.3 Å². The number of carbonyl (C=O) groups is 1. The van der Waals surface area contributed by atoms with Crippen molar-refractivity contribution in [2.45, 2.75) is 61.2 Å². The first-order valence-corrected chi connectivity index (χ1v) is 13.4. The van der Waals surface area contributed by atoms with Gasteiger partial charge in [0.1, 0.15) is 18.3 Å². The van der Waals surface area contributed by atoms with E-state index in [9.17, 15) is 4.79 Å². The molecule has 1 fully saturated rings. The molecule has 0 saturated carbocycles. The fourth-order valence-corrected chi connectivity index (χ4v) is 4.41. The number of nitrogens with one attached hydrogen (secondary N) is 1. The topological polar surface area (TPSA) is 66.0 Å². The Kier molecular flexibility index (Phi) is 10.4. The highest BCUT2D eigenvalue weighted by Crippen LogP contribution is 2.31. The summed E-state index contributed by atoms with van der Waals surface area (Å²) in [5, 5.41) is 2.68. The van der Waals surface area contributed by atoms with Crippen molar-refractivity contribution in [2.24, 2.45) is 0 Å². The zero-order valence-electron chi connectivity index (χ0n) is 20.8. The van der Waals surface area contributed by atoms with Gasteiger partial charge in [0.15, 0.2) is 6.23 Å². The van der Waals surface area contributed by atoms with Gasteiger partial charge in [0.2, 0.25) is 0 Å². The van der Waals surface area contributed by atoms with Gasteiger partial charge in [0.25, 0.3) is 9.70 Å². The van der Waals surface area contributed by atoms with Crippen molar-refractivity contribution in [2.75, 3.05) is 0 Å². The van der Waals surface area contributed by atoms with Crippen LogP contribution in [0.3, 0.4) is 0 Å². The van der Waals surface area contributed by atoms with E-state index in [1.165, 1.54) is 0 Å². The summed E-state index contributed by atoms with van der Waals surface area (Å²) in [5.41, 5.74) is 2.94. The molecule has 1 saturated heterocycles. The molecule has 5 atom stereocenters. The summed E-state index contributed by atoms with van der Waals surface area (Å²) < 4.78 is 23.2. The number of hydrogen-bond acceptors (Lipinski definition) is 5. The molecule has 3 aromatic rings. The molecule has 1 aliphatic heterocycles. The third kappa shape index (κ3) is 8.17. The molecule has 6 nitrogen and oxygen atoms in total.